The highest BCUT2D eigenvalue weighted by atomic mass is 16.1. The van der Waals surface area contributed by atoms with E-state index < -0.39 is 0 Å². The van der Waals surface area contributed by atoms with Gasteiger partial charge in [0.1, 0.15) is 0 Å². The Bertz CT molecular complexity index is 172. The van der Waals surface area contributed by atoms with Crippen molar-refractivity contribution in [3.63, 3.8) is 0 Å². The zero-order chi connectivity index (χ0) is 12.7. The van der Waals surface area contributed by atoms with Gasteiger partial charge in [-0.1, -0.05) is 54.4 Å². The maximum Gasteiger partial charge on any atom is 0.231 e. The molecule has 0 unspecified atom stereocenters. The molecular formula is C12H26N2O2. The molecule has 0 saturated heterocycles. The number of carbonyl (C=O) groups excluding carboxylic acids is 2. The number of nitrogens with one attached hydrogen (secondary N) is 2. The summed E-state index contributed by atoms with van der Waals surface area (Å²) < 4.78 is 0. The second-order valence-electron chi connectivity index (χ2n) is 4.22. The molecule has 4 nitrogen and oxygen atoms in total. The molecule has 0 aromatic rings. The summed E-state index contributed by atoms with van der Waals surface area (Å²) in [4.78, 5) is 16.7. The van der Waals surface area contributed by atoms with Gasteiger partial charge in [0.25, 0.3) is 0 Å². The third-order valence-corrected chi connectivity index (χ3v) is 1.53. The van der Waals surface area contributed by atoms with E-state index in [0.717, 1.165) is 12.2 Å². The van der Waals surface area contributed by atoms with E-state index in [2.05, 4.69) is 27.7 Å². The lowest BCUT2D eigenvalue weighted by Crippen LogP contribution is -2.03. The van der Waals surface area contributed by atoms with E-state index in [1.54, 1.807) is 0 Å². The van der Waals surface area contributed by atoms with Crippen LogP contribution in [-0.2, 0) is 9.59 Å². The summed E-state index contributed by atoms with van der Waals surface area (Å²) in [5.41, 5.74) is 0.551. The van der Waals surface area contributed by atoms with Crippen molar-refractivity contribution in [2.24, 2.45) is 5.41 Å². The standard InChI is InChI=1S/C9H20.2CHNO.CH4/c1-5-6-7-8-9(2,3)4;2*2-1-3;/h5-8H2,1-4H3;2*2H;1H4. The Hall–Kier alpha value is -1.24. The first-order chi connectivity index (χ1) is 6.89. The van der Waals surface area contributed by atoms with Crippen LogP contribution < -0.4 is 0 Å². The molecule has 0 aliphatic rings. The van der Waals surface area contributed by atoms with Gasteiger partial charge in [-0.2, -0.15) is 0 Å². The van der Waals surface area contributed by atoms with Gasteiger partial charge >= 0.3 is 0 Å². The van der Waals surface area contributed by atoms with Crippen molar-refractivity contribution < 1.29 is 9.59 Å². The van der Waals surface area contributed by atoms with Gasteiger partial charge < -0.3 is 0 Å². The van der Waals surface area contributed by atoms with Crippen LogP contribution in [0.3, 0.4) is 0 Å². The van der Waals surface area contributed by atoms with Crippen molar-refractivity contribution >= 4 is 12.2 Å². The van der Waals surface area contributed by atoms with Gasteiger partial charge in [-0.05, 0) is 11.8 Å². The molecule has 2 N–H and O–H groups in total. The van der Waals surface area contributed by atoms with Crippen LogP contribution in [0.2, 0.25) is 0 Å². The van der Waals surface area contributed by atoms with Gasteiger partial charge in [0.15, 0.2) is 0 Å². The van der Waals surface area contributed by atoms with Crippen LogP contribution in [0, 0.1) is 16.2 Å². The van der Waals surface area contributed by atoms with E-state index in [4.69, 9.17) is 20.4 Å². The summed E-state index contributed by atoms with van der Waals surface area (Å²) in [6.45, 7) is 9.18. The Balaban J connectivity index is -0.0000000870. The fourth-order valence-corrected chi connectivity index (χ4v) is 0.905. The number of unbranched alkanes of at least 4 members (excludes halogenated alkanes) is 2. The number of hydrogen-bond acceptors (Lipinski definition) is 4. The highest BCUT2D eigenvalue weighted by molar-refractivity contribution is 5.26. The van der Waals surface area contributed by atoms with E-state index in [1.807, 2.05) is 0 Å². The van der Waals surface area contributed by atoms with E-state index in [-0.39, 0.29) is 7.43 Å². The van der Waals surface area contributed by atoms with Crippen molar-refractivity contribution in [1.82, 2.24) is 0 Å². The average Bonchev–Trinajstić information content (AvgIpc) is 2.05. The highest BCUT2D eigenvalue weighted by Gasteiger charge is 2.07. The smallest absolute Gasteiger partial charge is 0.222 e. The molecule has 0 fully saturated rings. The zero-order valence-electron chi connectivity index (χ0n) is 10.1. The van der Waals surface area contributed by atoms with Crippen LogP contribution in [0.5, 0.6) is 0 Å². The Morgan fingerprint density at radius 1 is 1.00 bits per heavy atom. The first kappa shape index (κ1) is 24.1. The number of hydrogen-bond donors (Lipinski definition) is 2. The second kappa shape index (κ2) is 19.4. The van der Waals surface area contributed by atoms with Gasteiger partial charge in [-0.3, -0.25) is 0 Å². The molecule has 0 amide bonds. The largest absolute Gasteiger partial charge is 0.231 e. The van der Waals surface area contributed by atoms with Crippen molar-refractivity contribution in [2.45, 2.75) is 60.8 Å². The van der Waals surface area contributed by atoms with E-state index in [9.17, 15) is 0 Å². The van der Waals surface area contributed by atoms with Crippen LogP contribution in [-0.4, -0.2) is 12.2 Å². The normalized spacial score (nSPS) is 7.75. The molecule has 4 heteroatoms. The summed E-state index contributed by atoms with van der Waals surface area (Å²) in [7, 11) is 0. The van der Waals surface area contributed by atoms with E-state index in [1.165, 1.54) is 25.7 Å². The van der Waals surface area contributed by atoms with Crippen molar-refractivity contribution in [3.8, 4) is 0 Å². The molecule has 0 rings (SSSR count). The monoisotopic (exact) mass is 230 g/mol. The Morgan fingerprint density at radius 2 is 1.31 bits per heavy atom. The Labute approximate surface area is 99.5 Å². The molecule has 0 radical (unpaired) electrons. The minimum absolute atomic E-state index is 0. The van der Waals surface area contributed by atoms with Gasteiger partial charge in [0, 0.05) is 0 Å². The molecular weight excluding hydrogens is 204 g/mol. The molecule has 16 heavy (non-hydrogen) atoms. The van der Waals surface area contributed by atoms with Crippen LogP contribution in [0.1, 0.15) is 60.8 Å². The van der Waals surface area contributed by atoms with Crippen molar-refractivity contribution in [2.75, 3.05) is 0 Å². The molecule has 96 valence electrons. The second-order valence-corrected chi connectivity index (χ2v) is 4.22. The van der Waals surface area contributed by atoms with Gasteiger partial charge in [0.05, 0.1) is 0 Å². The lowest BCUT2D eigenvalue weighted by Gasteiger charge is -2.16. The Morgan fingerprint density at radius 3 is 1.50 bits per heavy atom. The maximum atomic E-state index is 8.35. The molecule has 0 atom stereocenters. The quantitative estimate of drug-likeness (QED) is 0.435. The van der Waals surface area contributed by atoms with Gasteiger partial charge in [-0.25, -0.2) is 20.4 Å². The average molecular weight is 230 g/mol. The van der Waals surface area contributed by atoms with Gasteiger partial charge in [-0.15, -0.1) is 0 Å². The van der Waals surface area contributed by atoms with Crippen LogP contribution in [0.15, 0.2) is 0 Å². The SMILES string of the molecule is C.CCCCCC(C)(C)C.N=C=O.N=C=O. The summed E-state index contributed by atoms with van der Waals surface area (Å²) >= 11 is 0. The summed E-state index contributed by atoms with van der Waals surface area (Å²) in [5, 5.41) is 10.8. The van der Waals surface area contributed by atoms with Crippen LogP contribution in [0.25, 0.3) is 0 Å². The van der Waals surface area contributed by atoms with Crippen molar-refractivity contribution in [1.29, 1.82) is 10.8 Å². The predicted molar refractivity (Wildman–Crippen MR) is 67.2 cm³/mol. The summed E-state index contributed by atoms with van der Waals surface area (Å²) in [6.07, 6.45) is 7.02. The van der Waals surface area contributed by atoms with Crippen LogP contribution in [0.4, 0.5) is 0 Å². The fourth-order valence-electron chi connectivity index (χ4n) is 0.905. The highest BCUT2D eigenvalue weighted by Crippen LogP contribution is 2.21. The third kappa shape index (κ3) is 77.9. The van der Waals surface area contributed by atoms with E-state index in [0.29, 0.717) is 5.41 Å². The fraction of sp³-hybridized carbons (Fsp3) is 0.833. The first-order valence-corrected chi connectivity index (χ1v) is 4.97. The molecule has 0 bridgehead atoms. The topological polar surface area (TPSA) is 81.8 Å². The van der Waals surface area contributed by atoms with Crippen LogP contribution >= 0.6 is 0 Å². The lowest BCUT2D eigenvalue weighted by molar-refractivity contribution is 0.359. The molecule has 0 aromatic heterocycles. The molecule has 0 saturated carbocycles. The molecule has 0 spiro atoms. The number of rotatable bonds is 3. The molecule has 0 aliphatic carbocycles. The van der Waals surface area contributed by atoms with Crippen molar-refractivity contribution in [3.05, 3.63) is 0 Å². The lowest BCUT2D eigenvalue weighted by atomic mass is 9.90. The molecule has 0 aromatic carbocycles. The number of isocyanates is 2. The third-order valence-electron chi connectivity index (χ3n) is 1.53. The minimum atomic E-state index is 0. The Kier molecular flexibility index (Phi) is 29.2. The predicted octanol–water partition coefficient (Wildman–Crippen LogP) is 4.05. The minimum Gasteiger partial charge on any atom is -0.222 e. The molecule has 0 heterocycles. The summed E-state index contributed by atoms with van der Waals surface area (Å²) in [5.74, 6) is 0. The van der Waals surface area contributed by atoms with Gasteiger partial charge in [0.2, 0.25) is 12.2 Å². The van der Waals surface area contributed by atoms with E-state index >= 15 is 0 Å². The first-order valence-electron chi connectivity index (χ1n) is 4.97. The summed E-state index contributed by atoms with van der Waals surface area (Å²) in [6, 6.07) is 0. The zero-order valence-corrected chi connectivity index (χ0v) is 10.1. The molecule has 0 aliphatic heterocycles. The maximum absolute atomic E-state index is 8.35.